The number of tetrazole rings is 1. The van der Waals surface area contributed by atoms with Crippen LogP contribution in [0.4, 0.5) is 5.69 Å². The molecule has 0 amide bonds. The normalized spacial score (nSPS) is 10.5. The molecule has 23 heavy (non-hydrogen) atoms. The van der Waals surface area contributed by atoms with E-state index in [4.69, 9.17) is 4.74 Å². The van der Waals surface area contributed by atoms with Gasteiger partial charge in [-0.05, 0) is 47.0 Å². The number of ether oxygens (including phenoxy) is 1. The Morgan fingerprint density at radius 3 is 2.61 bits per heavy atom. The van der Waals surface area contributed by atoms with Crippen LogP contribution in [0.15, 0.2) is 36.4 Å². The quantitative estimate of drug-likeness (QED) is 0.586. The van der Waals surface area contributed by atoms with Gasteiger partial charge < -0.3 is 4.74 Å². The number of hydrogen-bond donors (Lipinski definition) is 1. The van der Waals surface area contributed by atoms with Crippen molar-refractivity contribution in [2.24, 2.45) is 0 Å². The Bertz CT molecular complexity index is 862. The number of methoxy groups -OCH3 is 1. The molecular formula is C15H13N5O3. The van der Waals surface area contributed by atoms with Crippen LogP contribution in [0.5, 0.6) is 5.75 Å². The summed E-state index contributed by atoms with van der Waals surface area (Å²) >= 11 is 0. The number of nitro benzene ring substituents is 1. The SMILES string of the molecule is COc1ccc(-c2ccc([N+](=O)[O-])cc2-c2nn[nH]n2)cc1C. The zero-order chi connectivity index (χ0) is 16.4. The molecule has 0 bridgehead atoms. The minimum Gasteiger partial charge on any atom is -0.496 e. The standard InChI is InChI=1S/C15H13N5O3/c1-9-7-10(3-6-14(9)23-2)12-5-4-11(20(21)22)8-13(12)15-16-18-19-17-15/h3-8H,1-2H3,(H,16,17,18,19). The number of hydrogen-bond acceptors (Lipinski definition) is 6. The number of aromatic nitrogens is 4. The number of H-pyrrole nitrogens is 1. The highest BCUT2D eigenvalue weighted by Gasteiger charge is 2.17. The molecule has 0 atom stereocenters. The Morgan fingerprint density at radius 2 is 2.00 bits per heavy atom. The number of rotatable bonds is 4. The maximum Gasteiger partial charge on any atom is 0.270 e. The smallest absolute Gasteiger partial charge is 0.270 e. The van der Waals surface area contributed by atoms with E-state index in [1.807, 2.05) is 25.1 Å². The van der Waals surface area contributed by atoms with E-state index in [0.717, 1.165) is 22.4 Å². The summed E-state index contributed by atoms with van der Waals surface area (Å²) in [5.41, 5.74) is 3.14. The van der Waals surface area contributed by atoms with Gasteiger partial charge in [0, 0.05) is 17.7 Å². The second-order valence-corrected chi connectivity index (χ2v) is 4.91. The Balaban J connectivity index is 2.19. The van der Waals surface area contributed by atoms with E-state index in [1.54, 1.807) is 13.2 Å². The van der Waals surface area contributed by atoms with Crippen molar-refractivity contribution in [2.45, 2.75) is 6.92 Å². The Labute approximate surface area is 131 Å². The fourth-order valence-corrected chi connectivity index (χ4v) is 2.40. The Morgan fingerprint density at radius 1 is 1.17 bits per heavy atom. The predicted octanol–water partition coefficient (Wildman–Crippen LogP) is 2.76. The van der Waals surface area contributed by atoms with E-state index in [1.165, 1.54) is 12.1 Å². The van der Waals surface area contributed by atoms with Gasteiger partial charge in [0.05, 0.1) is 12.0 Å². The Kier molecular flexibility index (Phi) is 3.71. The summed E-state index contributed by atoms with van der Waals surface area (Å²) in [4.78, 5) is 10.6. The third-order valence-electron chi connectivity index (χ3n) is 3.51. The highest BCUT2D eigenvalue weighted by atomic mass is 16.6. The van der Waals surface area contributed by atoms with Gasteiger partial charge in [-0.2, -0.15) is 5.21 Å². The largest absolute Gasteiger partial charge is 0.496 e. The minimum absolute atomic E-state index is 0.0289. The van der Waals surface area contributed by atoms with Crippen molar-refractivity contribution in [3.8, 4) is 28.3 Å². The molecule has 8 nitrogen and oxygen atoms in total. The maximum atomic E-state index is 11.0. The van der Waals surface area contributed by atoms with Crippen LogP contribution in [0.1, 0.15) is 5.56 Å². The average molecular weight is 311 g/mol. The van der Waals surface area contributed by atoms with Crippen molar-refractivity contribution in [3.05, 3.63) is 52.1 Å². The van der Waals surface area contributed by atoms with Crippen LogP contribution in [-0.4, -0.2) is 32.7 Å². The second kappa shape index (κ2) is 5.84. The third-order valence-corrected chi connectivity index (χ3v) is 3.51. The van der Waals surface area contributed by atoms with Crippen LogP contribution in [0.3, 0.4) is 0 Å². The van der Waals surface area contributed by atoms with Crippen molar-refractivity contribution in [2.75, 3.05) is 7.11 Å². The van der Waals surface area contributed by atoms with Gasteiger partial charge in [0.15, 0.2) is 0 Å². The van der Waals surface area contributed by atoms with Crippen LogP contribution < -0.4 is 4.74 Å². The number of nitro groups is 1. The fourth-order valence-electron chi connectivity index (χ4n) is 2.40. The number of aryl methyl sites for hydroxylation is 1. The molecule has 0 aliphatic heterocycles. The molecule has 0 saturated heterocycles. The third kappa shape index (κ3) is 2.73. The lowest BCUT2D eigenvalue weighted by atomic mass is 9.97. The van der Waals surface area contributed by atoms with Crippen LogP contribution in [-0.2, 0) is 0 Å². The first-order valence-electron chi connectivity index (χ1n) is 6.77. The zero-order valence-corrected chi connectivity index (χ0v) is 12.5. The fraction of sp³-hybridized carbons (Fsp3) is 0.133. The molecule has 0 radical (unpaired) electrons. The van der Waals surface area contributed by atoms with Gasteiger partial charge in [0.2, 0.25) is 5.82 Å². The summed E-state index contributed by atoms with van der Waals surface area (Å²) < 4.78 is 5.26. The molecule has 0 unspecified atom stereocenters. The topological polar surface area (TPSA) is 107 Å². The highest BCUT2D eigenvalue weighted by Crippen LogP contribution is 2.34. The van der Waals surface area contributed by atoms with Gasteiger partial charge in [0.25, 0.3) is 5.69 Å². The van der Waals surface area contributed by atoms with E-state index >= 15 is 0 Å². The molecular weight excluding hydrogens is 298 g/mol. The van der Waals surface area contributed by atoms with Crippen molar-refractivity contribution in [3.63, 3.8) is 0 Å². The maximum absolute atomic E-state index is 11.0. The molecule has 2 aromatic carbocycles. The van der Waals surface area contributed by atoms with E-state index in [0.29, 0.717) is 11.4 Å². The lowest BCUT2D eigenvalue weighted by Gasteiger charge is -2.10. The van der Waals surface area contributed by atoms with E-state index in [-0.39, 0.29) is 5.69 Å². The number of benzene rings is 2. The molecule has 8 heteroatoms. The number of nitrogens with zero attached hydrogens (tertiary/aromatic N) is 4. The lowest BCUT2D eigenvalue weighted by molar-refractivity contribution is -0.384. The predicted molar refractivity (Wildman–Crippen MR) is 83.0 cm³/mol. The molecule has 1 N–H and O–H groups in total. The summed E-state index contributed by atoms with van der Waals surface area (Å²) in [7, 11) is 1.61. The van der Waals surface area contributed by atoms with Crippen molar-refractivity contribution in [1.82, 2.24) is 20.6 Å². The van der Waals surface area contributed by atoms with E-state index < -0.39 is 4.92 Å². The molecule has 3 rings (SSSR count). The molecule has 0 spiro atoms. The zero-order valence-electron chi connectivity index (χ0n) is 12.5. The molecule has 116 valence electrons. The van der Waals surface area contributed by atoms with Gasteiger partial charge in [0.1, 0.15) is 5.75 Å². The molecule has 0 aliphatic rings. The van der Waals surface area contributed by atoms with E-state index in [2.05, 4.69) is 20.6 Å². The summed E-state index contributed by atoms with van der Waals surface area (Å²) in [6.45, 7) is 1.93. The number of aromatic amines is 1. The highest BCUT2D eigenvalue weighted by molar-refractivity contribution is 5.82. The van der Waals surface area contributed by atoms with Gasteiger partial charge in [-0.15, -0.1) is 10.2 Å². The minimum atomic E-state index is -0.452. The first-order valence-corrected chi connectivity index (χ1v) is 6.77. The number of non-ortho nitro benzene ring substituents is 1. The molecule has 0 saturated carbocycles. The summed E-state index contributed by atoms with van der Waals surface area (Å²) in [6, 6.07) is 10.3. The van der Waals surface area contributed by atoms with Crippen molar-refractivity contribution < 1.29 is 9.66 Å². The number of nitrogens with one attached hydrogen (secondary N) is 1. The molecule has 0 aliphatic carbocycles. The average Bonchev–Trinajstić information content (AvgIpc) is 3.08. The monoisotopic (exact) mass is 311 g/mol. The first-order chi connectivity index (χ1) is 11.1. The van der Waals surface area contributed by atoms with Crippen LogP contribution in [0.25, 0.3) is 22.5 Å². The summed E-state index contributed by atoms with van der Waals surface area (Å²) in [5.74, 6) is 1.08. The van der Waals surface area contributed by atoms with Crippen LogP contribution in [0.2, 0.25) is 0 Å². The van der Waals surface area contributed by atoms with Gasteiger partial charge in [-0.1, -0.05) is 6.07 Å². The Hall–Kier alpha value is -3.29. The molecule has 3 aromatic rings. The summed E-state index contributed by atoms with van der Waals surface area (Å²) in [6.07, 6.45) is 0. The summed E-state index contributed by atoms with van der Waals surface area (Å²) in [5, 5.41) is 24.8. The molecule has 1 heterocycles. The molecule has 0 fully saturated rings. The molecule has 1 aromatic heterocycles. The van der Waals surface area contributed by atoms with Gasteiger partial charge >= 0.3 is 0 Å². The first kappa shape index (κ1) is 14.6. The van der Waals surface area contributed by atoms with Crippen LogP contribution >= 0.6 is 0 Å². The van der Waals surface area contributed by atoms with Crippen LogP contribution in [0, 0.1) is 17.0 Å². The van der Waals surface area contributed by atoms with Gasteiger partial charge in [-0.3, -0.25) is 10.1 Å². The second-order valence-electron chi connectivity index (χ2n) is 4.91. The lowest BCUT2D eigenvalue weighted by Crippen LogP contribution is -1.94. The van der Waals surface area contributed by atoms with Crippen molar-refractivity contribution >= 4 is 5.69 Å². The van der Waals surface area contributed by atoms with Crippen molar-refractivity contribution in [1.29, 1.82) is 0 Å². The van der Waals surface area contributed by atoms with Gasteiger partial charge in [-0.25, -0.2) is 0 Å². The van der Waals surface area contributed by atoms with E-state index in [9.17, 15) is 10.1 Å².